The summed E-state index contributed by atoms with van der Waals surface area (Å²) in [5.74, 6) is -0.242. The van der Waals surface area contributed by atoms with Crippen molar-refractivity contribution in [1.29, 1.82) is 0 Å². The van der Waals surface area contributed by atoms with Gasteiger partial charge in [-0.2, -0.15) is 0 Å². The zero-order valence-corrected chi connectivity index (χ0v) is 9.44. The number of phenolic OH excluding ortho intramolecular Hbond substituents is 1. The molecule has 0 bridgehead atoms. The van der Waals surface area contributed by atoms with E-state index in [4.69, 9.17) is 5.73 Å². The smallest absolute Gasteiger partial charge is 0.255 e. The molecule has 0 fully saturated rings. The van der Waals surface area contributed by atoms with Crippen molar-refractivity contribution in [3.63, 3.8) is 0 Å². The maximum atomic E-state index is 11.7. The predicted octanol–water partition coefficient (Wildman–Crippen LogP) is 1.25. The quantitative estimate of drug-likeness (QED) is 0.701. The zero-order valence-electron chi connectivity index (χ0n) is 9.44. The Kier molecular flexibility index (Phi) is 4.79. The summed E-state index contributed by atoms with van der Waals surface area (Å²) >= 11 is 0. The highest BCUT2D eigenvalue weighted by molar-refractivity contribution is 5.96. The van der Waals surface area contributed by atoms with E-state index in [0.717, 1.165) is 12.8 Å². The van der Waals surface area contributed by atoms with Crippen LogP contribution < -0.4 is 11.1 Å². The minimum absolute atomic E-state index is 0.00558. The Labute approximate surface area is 95.5 Å². The molecule has 0 saturated carbocycles. The summed E-state index contributed by atoms with van der Waals surface area (Å²) in [5.41, 5.74) is 5.70. The molecule has 0 aliphatic heterocycles. The fraction of sp³-hybridized carbons (Fsp3) is 0.417. The number of rotatable bonds is 5. The lowest BCUT2D eigenvalue weighted by Crippen LogP contribution is -2.32. The Morgan fingerprint density at radius 1 is 1.50 bits per heavy atom. The lowest BCUT2D eigenvalue weighted by atomic mass is 10.1. The second-order valence-electron chi connectivity index (χ2n) is 3.82. The normalized spacial score (nSPS) is 12.1. The zero-order chi connectivity index (χ0) is 12.0. The molecule has 0 heterocycles. The third kappa shape index (κ3) is 3.55. The number of hydrogen-bond acceptors (Lipinski definition) is 3. The van der Waals surface area contributed by atoms with E-state index >= 15 is 0 Å². The van der Waals surface area contributed by atoms with Gasteiger partial charge in [0.15, 0.2) is 0 Å². The van der Waals surface area contributed by atoms with Gasteiger partial charge in [0.2, 0.25) is 0 Å². The number of phenols is 1. The van der Waals surface area contributed by atoms with Crippen LogP contribution in [-0.2, 0) is 0 Å². The molecule has 16 heavy (non-hydrogen) atoms. The van der Waals surface area contributed by atoms with Gasteiger partial charge in [-0.3, -0.25) is 4.79 Å². The van der Waals surface area contributed by atoms with Crippen LogP contribution in [0.3, 0.4) is 0 Å². The van der Waals surface area contributed by atoms with E-state index in [1.165, 1.54) is 6.07 Å². The van der Waals surface area contributed by atoms with E-state index in [9.17, 15) is 9.90 Å². The van der Waals surface area contributed by atoms with Crippen LogP contribution in [0, 0.1) is 0 Å². The van der Waals surface area contributed by atoms with Crippen LogP contribution in [0.1, 0.15) is 30.1 Å². The molecule has 1 amide bonds. The van der Waals surface area contributed by atoms with Crippen molar-refractivity contribution >= 4 is 5.91 Å². The molecule has 0 aromatic heterocycles. The van der Waals surface area contributed by atoms with Crippen molar-refractivity contribution in [3.8, 4) is 5.75 Å². The molecule has 0 aliphatic carbocycles. The summed E-state index contributed by atoms with van der Waals surface area (Å²) in [6, 6.07) is 6.57. The number of carbonyl (C=O) groups is 1. The molecule has 1 aromatic rings. The Morgan fingerprint density at radius 3 is 2.81 bits per heavy atom. The maximum absolute atomic E-state index is 11.7. The van der Waals surface area contributed by atoms with Gasteiger partial charge in [-0.25, -0.2) is 0 Å². The number of nitrogens with one attached hydrogen (secondary N) is 1. The number of amides is 1. The Morgan fingerprint density at radius 2 is 2.19 bits per heavy atom. The summed E-state index contributed by atoms with van der Waals surface area (Å²) in [7, 11) is 0. The molecule has 1 unspecified atom stereocenters. The van der Waals surface area contributed by atoms with Crippen molar-refractivity contribution in [2.24, 2.45) is 5.73 Å². The van der Waals surface area contributed by atoms with Crippen molar-refractivity contribution in [3.05, 3.63) is 29.8 Å². The summed E-state index contributed by atoms with van der Waals surface area (Å²) in [6.45, 7) is 2.55. The highest BCUT2D eigenvalue weighted by Gasteiger charge is 2.12. The average molecular weight is 222 g/mol. The first-order chi connectivity index (χ1) is 7.65. The molecule has 4 N–H and O–H groups in total. The van der Waals surface area contributed by atoms with Gasteiger partial charge in [0.25, 0.3) is 5.91 Å². The average Bonchev–Trinajstić information content (AvgIpc) is 2.26. The van der Waals surface area contributed by atoms with Gasteiger partial charge in [-0.05, 0) is 38.4 Å². The van der Waals surface area contributed by atoms with E-state index in [1.54, 1.807) is 18.2 Å². The second-order valence-corrected chi connectivity index (χ2v) is 3.82. The van der Waals surface area contributed by atoms with Gasteiger partial charge >= 0.3 is 0 Å². The molecule has 1 rings (SSSR count). The van der Waals surface area contributed by atoms with Gasteiger partial charge in [0.1, 0.15) is 5.75 Å². The molecule has 88 valence electrons. The number of aromatic hydroxyl groups is 1. The Balaban J connectivity index is 2.56. The van der Waals surface area contributed by atoms with Crippen molar-refractivity contribution in [2.75, 3.05) is 6.54 Å². The molecule has 4 nitrogen and oxygen atoms in total. The summed E-state index contributed by atoms with van der Waals surface area (Å²) in [6.07, 6.45) is 1.72. The number of para-hydroxylation sites is 1. The lowest BCUT2D eigenvalue weighted by Gasteiger charge is -2.13. The number of hydrogen-bond donors (Lipinski definition) is 3. The molecule has 0 spiro atoms. The highest BCUT2D eigenvalue weighted by Crippen LogP contribution is 2.15. The fourth-order valence-corrected chi connectivity index (χ4v) is 1.46. The van der Waals surface area contributed by atoms with Gasteiger partial charge in [-0.15, -0.1) is 0 Å². The van der Waals surface area contributed by atoms with Crippen LogP contribution in [0.25, 0.3) is 0 Å². The Bertz CT molecular complexity index is 353. The third-order valence-corrected chi connectivity index (χ3v) is 2.37. The van der Waals surface area contributed by atoms with Crippen LogP contribution in [0.2, 0.25) is 0 Å². The Hall–Kier alpha value is -1.55. The van der Waals surface area contributed by atoms with E-state index in [2.05, 4.69) is 5.32 Å². The van der Waals surface area contributed by atoms with Gasteiger partial charge in [0, 0.05) is 6.04 Å². The molecule has 0 saturated heterocycles. The van der Waals surface area contributed by atoms with Crippen LogP contribution in [0.15, 0.2) is 24.3 Å². The van der Waals surface area contributed by atoms with Crippen molar-refractivity contribution in [1.82, 2.24) is 5.32 Å². The topological polar surface area (TPSA) is 75.3 Å². The van der Waals surface area contributed by atoms with E-state index in [1.807, 2.05) is 6.92 Å². The summed E-state index contributed by atoms with van der Waals surface area (Å²) in [4.78, 5) is 11.7. The highest BCUT2D eigenvalue weighted by atomic mass is 16.3. The first-order valence-electron chi connectivity index (χ1n) is 5.44. The first kappa shape index (κ1) is 12.5. The summed E-state index contributed by atoms with van der Waals surface area (Å²) < 4.78 is 0. The van der Waals surface area contributed by atoms with E-state index in [0.29, 0.717) is 12.1 Å². The molecule has 0 radical (unpaired) electrons. The van der Waals surface area contributed by atoms with Crippen molar-refractivity contribution in [2.45, 2.75) is 25.8 Å². The van der Waals surface area contributed by atoms with Gasteiger partial charge in [0.05, 0.1) is 5.56 Å². The van der Waals surface area contributed by atoms with Gasteiger partial charge in [-0.1, -0.05) is 12.1 Å². The number of carbonyl (C=O) groups excluding carboxylic acids is 1. The molecule has 1 aromatic carbocycles. The number of nitrogens with two attached hydrogens (primary N) is 1. The van der Waals surface area contributed by atoms with E-state index in [-0.39, 0.29) is 17.7 Å². The standard InChI is InChI=1S/C12H18N2O2/c1-9(5-4-8-13)14-12(16)10-6-2-3-7-11(10)15/h2-3,6-7,9,15H,4-5,8,13H2,1H3,(H,14,16). The monoisotopic (exact) mass is 222 g/mol. The predicted molar refractivity (Wildman–Crippen MR) is 63.3 cm³/mol. The first-order valence-corrected chi connectivity index (χ1v) is 5.44. The molecule has 0 aliphatic rings. The number of benzene rings is 1. The maximum Gasteiger partial charge on any atom is 0.255 e. The van der Waals surface area contributed by atoms with Crippen LogP contribution in [0.4, 0.5) is 0 Å². The molecule has 4 heteroatoms. The van der Waals surface area contributed by atoms with Crippen LogP contribution in [-0.4, -0.2) is 23.6 Å². The largest absolute Gasteiger partial charge is 0.507 e. The second kappa shape index (κ2) is 6.12. The summed E-state index contributed by atoms with van der Waals surface area (Å²) in [5, 5.41) is 12.3. The third-order valence-electron chi connectivity index (χ3n) is 2.37. The molecular formula is C12H18N2O2. The minimum Gasteiger partial charge on any atom is -0.507 e. The van der Waals surface area contributed by atoms with E-state index < -0.39 is 0 Å². The van der Waals surface area contributed by atoms with Gasteiger partial charge < -0.3 is 16.2 Å². The van der Waals surface area contributed by atoms with Crippen LogP contribution >= 0.6 is 0 Å². The SMILES string of the molecule is CC(CCCN)NC(=O)c1ccccc1O. The fourth-order valence-electron chi connectivity index (χ4n) is 1.46. The van der Waals surface area contributed by atoms with Crippen molar-refractivity contribution < 1.29 is 9.90 Å². The van der Waals surface area contributed by atoms with Crippen LogP contribution in [0.5, 0.6) is 5.75 Å². The minimum atomic E-state index is -0.248. The molecule has 1 atom stereocenters. The molecular weight excluding hydrogens is 204 g/mol. The lowest BCUT2D eigenvalue weighted by molar-refractivity contribution is 0.0935.